The van der Waals surface area contributed by atoms with Gasteiger partial charge in [-0.2, -0.15) is 0 Å². The number of piperidine rings is 1. The number of hydrogen-bond donors (Lipinski definition) is 2. The second-order valence-electron chi connectivity index (χ2n) is 7.36. The highest BCUT2D eigenvalue weighted by Gasteiger charge is 2.27. The molecule has 0 aromatic heterocycles. The van der Waals surface area contributed by atoms with E-state index in [-0.39, 0.29) is 0 Å². The summed E-state index contributed by atoms with van der Waals surface area (Å²) in [7, 11) is 0. The van der Waals surface area contributed by atoms with Crippen molar-refractivity contribution < 1.29 is 14.3 Å². The molecule has 0 radical (unpaired) electrons. The van der Waals surface area contributed by atoms with Crippen molar-refractivity contribution in [1.82, 2.24) is 10.2 Å². The van der Waals surface area contributed by atoms with Crippen molar-refractivity contribution >= 4 is 17.5 Å². The van der Waals surface area contributed by atoms with E-state index in [2.05, 4.69) is 15.5 Å². The SMILES string of the molecule is Cc1cccc(NC(=O)C(=O)NCC2CCN(C3CCOCC3)CC2)c1. The molecule has 0 unspecified atom stereocenters. The van der Waals surface area contributed by atoms with Gasteiger partial charge in [0.15, 0.2) is 0 Å². The number of anilines is 1. The molecule has 2 amide bonds. The molecule has 6 heteroatoms. The van der Waals surface area contributed by atoms with Crippen LogP contribution in [0.1, 0.15) is 31.2 Å². The molecule has 0 atom stereocenters. The summed E-state index contributed by atoms with van der Waals surface area (Å²) in [5.74, 6) is -0.713. The van der Waals surface area contributed by atoms with Crippen molar-refractivity contribution in [2.45, 2.75) is 38.6 Å². The number of likely N-dealkylation sites (tertiary alicyclic amines) is 1. The minimum absolute atomic E-state index is 0.446. The summed E-state index contributed by atoms with van der Waals surface area (Å²) in [6.07, 6.45) is 4.38. The molecule has 0 aliphatic carbocycles. The molecule has 6 nitrogen and oxygen atoms in total. The van der Waals surface area contributed by atoms with Crippen molar-refractivity contribution in [3.05, 3.63) is 29.8 Å². The molecule has 2 aliphatic rings. The van der Waals surface area contributed by atoms with Gasteiger partial charge in [0.2, 0.25) is 0 Å². The fourth-order valence-corrected chi connectivity index (χ4v) is 3.80. The number of nitrogens with one attached hydrogen (secondary N) is 2. The number of benzene rings is 1. The van der Waals surface area contributed by atoms with Gasteiger partial charge in [-0.3, -0.25) is 9.59 Å². The third-order valence-electron chi connectivity index (χ3n) is 5.39. The standard InChI is InChI=1S/C20H29N3O3/c1-15-3-2-4-17(13-15)22-20(25)19(24)21-14-16-5-9-23(10-6-16)18-7-11-26-12-8-18/h2-4,13,16,18H,5-12,14H2,1H3,(H,21,24)(H,22,25). The summed E-state index contributed by atoms with van der Waals surface area (Å²) < 4.78 is 5.44. The lowest BCUT2D eigenvalue weighted by atomic mass is 9.94. The number of ether oxygens (including phenoxy) is 1. The van der Waals surface area contributed by atoms with Crippen LogP contribution >= 0.6 is 0 Å². The number of aryl methyl sites for hydroxylation is 1. The molecular formula is C20H29N3O3. The zero-order valence-corrected chi connectivity index (χ0v) is 15.5. The molecule has 0 bridgehead atoms. The fraction of sp³-hybridized carbons (Fsp3) is 0.600. The van der Waals surface area contributed by atoms with Gasteiger partial charge in [-0.05, 0) is 69.3 Å². The molecule has 1 aromatic rings. The van der Waals surface area contributed by atoms with E-state index in [4.69, 9.17) is 4.74 Å². The van der Waals surface area contributed by atoms with Crippen LogP contribution in [0.3, 0.4) is 0 Å². The van der Waals surface area contributed by atoms with E-state index in [0.717, 1.165) is 57.6 Å². The maximum atomic E-state index is 12.0. The molecule has 2 aliphatic heterocycles. The highest BCUT2D eigenvalue weighted by molar-refractivity contribution is 6.39. The lowest BCUT2D eigenvalue weighted by Gasteiger charge is -2.39. The summed E-state index contributed by atoms with van der Waals surface area (Å²) in [6, 6.07) is 8.08. The second-order valence-corrected chi connectivity index (χ2v) is 7.36. The first-order chi connectivity index (χ1) is 12.6. The lowest BCUT2D eigenvalue weighted by molar-refractivity contribution is -0.136. The monoisotopic (exact) mass is 359 g/mol. The molecule has 2 heterocycles. The van der Waals surface area contributed by atoms with Gasteiger partial charge in [-0.25, -0.2) is 0 Å². The van der Waals surface area contributed by atoms with Crippen LogP contribution in [-0.4, -0.2) is 55.6 Å². The predicted octanol–water partition coefficient (Wildman–Crippen LogP) is 1.94. The van der Waals surface area contributed by atoms with E-state index < -0.39 is 11.8 Å². The van der Waals surface area contributed by atoms with Gasteiger partial charge in [0.1, 0.15) is 0 Å². The zero-order valence-electron chi connectivity index (χ0n) is 15.5. The highest BCUT2D eigenvalue weighted by atomic mass is 16.5. The van der Waals surface area contributed by atoms with Crippen molar-refractivity contribution in [3.8, 4) is 0 Å². The van der Waals surface area contributed by atoms with Crippen molar-refractivity contribution in [1.29, 1.82) is 0 Å². The van der Waals surface area contributed by atoms with Crippen molar-refractivity contribution in [3.63, 3.8) is 0 Å². The topological polar surface area (TPSA) is 70.7 Å². The number of amides is 2. The minimum Gasteiger partial charge on any atom is -0.381 e. The van der Waals surface area contributed by atoms with Crippen LogP contribution in [0.2, 0.25) is 0 Å². The Labute approximate surface area is 155 Å². The summed E-state index contributed by atoms with van der Waals surface area (Å²) in [4.78, 5) is 26.6. The number of rotatable bonds is 4. The summed E-state index contributed by atoms with van der Waals surface area (Å²) in [5, 5.41) is 5.44. The minimum atomic E-state index is -0.602. The maximum Gasteiger partial charge on any atom is 0.313 e. The van der Waals surface area contributed by atoms with Crippen molar-refractivity contribution in [2.24, 2.45) is 5.92 Å². The van der Waals surface area contributed by atoms with Crippen LogP contribution in [-0.2, 0) is 14.3 Å². The summed E-state index contributed by atoms with van der Waals surface area (Å²) >= 11 is 0. The van der Waals surface area contributed by atoms with Gasteiger partial charge in [0.25, 0.3) is 0 Å². The first kappa shape index (κ1) is 18.9. The lowest BCUT2D eigenvalue weighted by Crippen LogP contribution is -2.46. The first-order valence-electron chi connectivity index (χ1n) is 9.59. The number of hydrogen-bond acceptors (Lipinski definition) is 4. The third-order valence-corrected chi connectivity index (χ3v) is 5.39. The Morgan fingerprint density at radius 3 is 2.54 bits per heavy atom. The molecule has 26 heavy (non-hydrogen) atoms. The van der Waals surface area contributed by atoms with E-state index in [1.807, 2.05) is 25.1 Å². The van der Waals surface area contributed by atoms with Gasteiger partial charge >= 0.3 is 11.8 Å². The molecular weight excluding hydrogens is 330 g/mol. The second kappa shape index (κ2) is 9.14. The molecule has 0 saturated carbocycles. The Morgan fingerprint density at radius 2 is 1.85 bits per heavy atom. The van der Waals surface area contributed by atoms with Gasteiger partial charge in [-0.15, -0.1) is 0 Å². The Morgan fingerprint density at radius 1 is 1.12 bits per heavy atom. The van der Waals surface area contributed by atoms with Gasteiger partial charge < -0.3 is 20.3 Å². The Balaban J connectivity index is 1.37. The molecule has 2 N–H and O–H groups in total. The van der Waals surface area contributed by atoms with Gasteiger partial charge in [0, 0.05) is 31.5 Å². The van der Waals surface area contributed by atoms with E-state index in [0.29, 0.717) is 24.2 Å². The number of carbonyl (C=O) groups excluding carboxylic acids is 2. The third kappa shape index (κ3) is 5.29. The molecule has 2 saturated heterocycles. The summed E-state index contributed by atoms with van der Waals surface area (Å²) in [6.45, 7) is 6.40. The van der Waals surface area contributed by atoms with Crippen LogP contribution in [0.15, 0.2) is 24.3 Å². The number of carbonyl (C=O) groups is 2. The van der Waals surface area contributed by atoms with Crippen LogP contribution in [0, 0.1) is 12.8 Å². The van der Waals surface area contributed by atoms with E-state index >= 15 is 0 Å². The highest BCUT2D eigenvalue weighted by Crippen LogP contribution is 2.22. The Bertz CT molecular complexity index is 620. The van der Waals surface area contributed by atoms with E-state index in [9.17, 15) is 9.59 Å². The average molecular weight is 359 g/mol. The van der Waals surface area contributed by atoms with Gasteiger partial charge in [-0.1, -0.05) is 12.1 Å². The Hall–Kier alpha value is -1.92. The maximum absolute atomic E-state index is 12.0. The largest absolute Gasteiger partial charge is 0.381 e. The van der Waals surface area contributed by atoms with Crippen LogP contribution in [0.25, 0.3) is 0 Å². The fourth-order valence-electron chi connectivity index (χ4n) is 3.80. The van der Waals surface area contributed by atoms with Crippen LogP contribution in [0.4, 0.5) is 5.69 Å². The average Bonchev–Trinajstić information content (AvgIpc) is 2.67. The van der Waals surface area contributed by atoms with Crippen LogP contribution in [0.5, 0.6) is 0 Å². The zero-order chi connectivity index (χ0) is 18.4. The molecule has 2 fully saturated rings. The predicted molar refractivity (Wildman–Crippen MR) is 101 cm³/mol. The normalized spacial score (nSPS) is 19.9. The number of nitrogens with zero attached hydrogens (tertiary/aromatic N) is 1. The van der Waals surface area contributed by atoms with Crippen LogP contribution < -0.4 is 10.6 Å². The molecule has 1 aromatic carbocycles. The quantitative estimate of drug-likeness (QED) is 0.806. The summed E-state index contributed by atoms with van der Waals surface area (Å²) in [5.41, 5.74) is 1.69. The van der Waals surface area contributed by atoms with Gasteiger partial charge in [0.05, 0.1) is 0 Å². The molecule has 3 rings (SSSR count). The Kier molecular flexibility index (Phi) is 6.63. The first-order valence-corrected chi connectivity index (χ1v) is 9.59. The van der Waals surface area contributed by atoms with Crippen molar-refractivity contribution in [2.75, 3.05) is 38.2 Å². The smallest absolute Gasteiger partial charge is 0.313 e. The van der Waals surface area contributed by atoms with E-state index in [1.54, 1.807) is 6.07 Å². The molecule has 0 spiro atoms. The molecule has 142 valence electrons. The van der Waals surface area contributed by atoms with E-state index in [1.165, 1.54) is 0 Å².